The van der Waals surface area contributed by atoms with E-state index in [2.05, 4.69) is 4.98 Å². The highest BCUT2D eigenvalue weighted by Crippen LogP contribution is 2.09. The Bertz CT molecular complexity index is 459. The normalized spacial score (nSPS) is 10.6. The minimum absolute atomic E-state index is 0.579. The zero-order valence-electron chi connectivity index (χ0n) is 8.10. The smallest absolute Gasteiger partial charge is 0.137 e. The summed E-state index contributed by atoms with van der Waals surface area (Å²) >= 11 is 0. The van der Waals surface area contributed by atoms with Crippen molar-refractivity contribution in [3.8, 4) is 0 Å². The molecule has 0 aliphatic heterocycles. The lowest BCUT2D eigenvalue weighted by Gasteiger charge is -2.00. The van der Waals surface area contributed by atoms with Gasteiger partial charge in [0.2, 0.25) is 0 Å². The van der Waals surface area contributed by atoms with Crippen molar-refractivity contribution in [2.75, 3.05) is 0 Å². The molecule has 72 valence electrons. The lowest BCUT2D eigenvalue weighted by molar-refractivity contribution is -0.107. The maximum atomic E-state index is 10.2. The standard InChI is InChI=1S/C11H12N2O/c1-9-8-12-11-7-10(3-2-6-14)4-5-13(9)11/h4-8H,2-3H2,1H3. The first kappa shape index (κ1) is 8.94. The van der Waals surface area contributed by atoms with Gasteiger partial charge in [0.15, 0.2) is 0 Å². The first-order valence-electron chi connectivity index (χ1n) is 4.67. The van der Waals surface area contributed by atoms with Gasteiger partial charge in [-0.15, -0.1) is 0 Å². The van der Waals surface area contributed by atoms with Gasteiger partial charge in [0.1, 0.15) is 11.9 Å². The average Bonchev–Trinajstić information content (AvgIpc) is 2.57. The molecule has 0 unspecified atom stereocenters. The summed E-state index contributed by atoms with van der Waals surface area (Å²) in [5.74, 6) is 0. The predicted octanol–water partition coefficient (Wildman–Crippen LogP) is 1.77. The Balaban J connectivity index is 2.36. The van der Waals surface area contributed by atoms with Crippen LogP contribution in [0.4, 0.5) is 0 Å². The summed E-state index contributed by atoms with van der Waals surface area (Å²) in [4.78, 5) is 14.5. The number of imidazole rings is 1. The fourth-order valence-corrected chi connectivity index (χ4v) is 1.53. The third kappa shape index (κ3) is 1.53. The van der Waals surface area contributed by atoms with E-state index in [1.807, 2.05) is 35.9 Å². The van der Waals surface area contributed by atoms with E-state index in [4.69, 9.17) is 0 Å². The summed E-state index contributed by atoms with van der Waals surface area (Å²) in [7, 11) is 0. The van der Waals surface area contributed by atoms with E-state index in [0.717, 1.165) is 29.6 Å². The van der Waals surface area contributed by atoms with Crippen LogP contribution in [0.1, 0.15) is 17.7 Å². The van der Waals surface area contributed by atoms with Crippen LogP contribution in [-0.4, -0.2) is 15.7 Å². The molecule has 0 radical (unpaired) electrons. The van der Waals surface area contributed by atoms with Crippen LogP contribution in [-0.2, 0) is 11.2 Å². The monoisotopic (exact) mass is 188 g/mol. The molecule has 0 N–H and O–H groups in total. The molecule has 0 saturated carbocycles. The third-order valence-corrected chi connectivity index (χ3v) is 2.31. The fourth-order valence-electron chi connectivity index (χ4n) is 1.53. The highest BCUT2D eigenvalue weighted by molar-refractivity contribution is 5.51. The lowest BCUT2D eigenvalue weighted by Crippen LogP contribution is -1.91. The van der Waals surface area contributed by atoms with Gasteiger partial charge in [-0.1, -0.05) is 0 Å². The largest absolute Gasteiger partial charge is 0.304 e. The second-order valence-electron chi connectivity index (χ2n) is 3.37. The number of nitrogens with zero attached hydrogens (tertiary/aromatic N) is 2. The SMILES string of the molecule is Cc1cnc2cc(CCC=O)ccn12. The van der Waals surface area contributed by atoms with Crippen LogP contribution in [0, 0.1) is 6.92 Å². The summed E-state index contributed by atoms with van der Waals surface area (Å²) in [5, 5.41) is 0. The molecular weight excluding hydrogens is 176 g/mol. The molecule has 2 aromatic rings. The van der Waals surface area contributed by atoms with Gasteiger partial charge in [-0.05, 0) is 31.0 Å². The van der Waals surface area contributed by atoms with Crippen LogP contribution in [0.5, 0.6) is 0 Å². The van der Waals surface area contributed by atoms with E-state index in [9.17, 15) is 4.79 Å². The van der Waals surface area contributed by atoms with Gasteiger partial charge in [0.25, 0.3) is 0 Å². The number of aldehydes is 1. The van der Waals surface area contributed by atoms with E-state index in [-0.39, 0.29) is 0 Å². The quantitative estimate of drug-likeness (QED) is 0.688. The van der Waals surface area contributed by atoms with E-state index < -0.39 is 0 Å². The molecule has 2 heterocycles. The zero-order chi connectivity index (χ0) is 9.97. The van der Waals surface area contributed by atoms with Crippen LogP contribution < -0.4 is 0 Å². The number of aryl methyl sites for hydroxylation is 2. The Morgan fingerprint density at radius 1 is 1.57 bits per heavy atom. The van der Waals surface area contributed by atoms with Gasteiger partial charge in [-0.3, -0.25) is 0 Å². The van der Waals surface area contributed by atoms with Crippen molar-refractivity contribution in [1.82, 2.24) is 9.38 Å². The Morgan fingerprint density at radius 2 is 2.43 bits per heavy atom. The molecule has 2 rings (SSSR count). The number of carbonyl (C=O) groups is 1. The molecule has 0 fully saturated rings. The molecule has 2 aromatic heterocycles. The molecule has 0 aliphatic carbocycles. The van der Waals surface area contributed by atoms with Gasteiger partial charge < -0.3 is 9.20 Å². The molecule has 3 heteroatoms. The van der Waals surface area contributed by atoms with Crippen molar-refractivity contribution in [2.45, 2.75) is 19.8 Å². The minimum Gasteiger partial charge on any atom is -0.304 e. The molecule has 0 amide bonds. The number of pyridine rings is 1. The second kappa shape index (κ2) is 3.62. The van der Waals surface area contributed by atoms with Gasteiger partial charge in [-0.2, -0.15) is 0 Å². The average molecular weight is 188 g/mol. The molecule has 0 spiro atoms. The van der Waals surface area contributed by atoms with Crippen LogP contribution in [0.2, 0.25) is 0 Å². The van der Waals surface area contributed by atoms with Crippen molar-refractivity contribution >= 4 is 11.9 Å². The van der Waals surface area contributed by atoms with Crippen LogP contribution >= 0.6 is 0 Å². The Labute approximate surface area is 82.4 Å². The molecule has 0 saturated heterocycles. The number of rotatable bonds is 3. The van der Waals surface area contributed by atoms with Crippen molar-refractivity contribution in [1.29, 1.82) is 0 Å². The van der Waals surface area contributed by atoms with E-state index >= 15 is 0 Å². The Morgan fingerprint density at radius 3 is 3.21 bits per heavy atom. The van der Waals surface area contributed by atoms with Gasteiger partial charge in [0.05, 0.1) is 0 Å². The second-order valence-corrected chi connectivity index (χ2v) is 3.37. The first-order valence-corrected chi connectivity index (χ1v) is 4.67. The summed E-state index contributed by atoms with van der Waals surface area (Å²) < 4.78 is 2.03. The molecule has 0 aliphatic rings. The minimum atomic E-state index is 0.579. The maximum Gasteiger partial charge on any atom is 0.137 e. The fraction of sp³-hybridized carbons (Fsp3) is 0.273. The molecule has 3 nitrogen and oxygen atoms in total. The van der Waals surface area contributed by atoms with Crippen molar-refractivity contribution in [3.63, 3.8) is 0 Å². The summed E-state index contributed by atoms with van der Waals surface area (Å²) in [6.07, 6.45) is 6.17. The molecule has 14 heavy (non-hydrogen) atoms. The van der Waals surface area contributed by atoms with Crippen LogP contribution in [0.15, 0.2) is 24.5 Å². The Hall–Kier alpha value is -1.64. The van der Waals surface area contributed by atoms with Gasteiger partial charge in [0, 0.05) is 24.5 Å². The van der Waals surface area contributed by atoms with Gasteiger partial charge in [-0.25, -0.2) is 4.98 Å². The van der Waals surface area contributed by atoms with Crippen LogP contribution in [0.3, 0.4) is 0 Å². The molecule has 0 atom stereocenters. The summed E-state index contributed by atoms with van der Waals surface area (Å²) in [6, 6.07) is 4.06. The highest BCUT2D eigenvalue weighted by atomic mass is 16.1. The molecular formula is C11H12N2O. The van der Waals surface area contributed by atoms with Crippen molar-refractivity contribution in [2.24, 2.45) is 0 Å². The number of fused-ring (bicyclic) bond motifs is 1. The van der Waals surface area contributed by atoms with Crippen molar-refractivity contribution in [3.05, 3.63) is 35.8 Å². The number of aromatic nitrogens is 2. The van der Waals surface area contributed by atoms with Crippen molar-refractivity contribution < 1.29 is 4.79 Å². The lowest BCUT2D eigenvalue weighted by atomic mass is 10.1. The number of hydrogen-bond acceptors (Lipinski definition) is 2. The van der Waals surface area contributed by atoms with E-state index in [0.29, 0.717) is 6.42 Å². The summed E-state index contributed by atoms with van der Waals surface area (Å²) in [6.45, 7) is 2.02. The number of carbonyl (C=O) groups excluding carboxylic acids is 1. The maximum absolute atomic E-state index is 10.2. The summed E-state index contributed by atoms with van der Waals surface area (Å²) in [5.41, 5.74) is 3.24. The first-order chi connectivity index (χ1) is 6.81. The number of hydrogen-bond donors (Lipinski definition) is 0. The van der Waals surface area contributed by atoms with Crippen LogP contribution in [0.25, 0.3) is 5.65 Å². The highest BCUT2D eigenvalue weighted by Gasteiger charge is 1.99. The zero-order valence-corrected chi connectivity index (χ0v) is 8.10. The van der Waals surface area contributed by atoms with E-state index in [1.54, 1.807) is 0 Å². The van der Waals surface area contributed by atoms with Gasteiger partial charge >= 0.3 is 0 Å². The predicted molar refractivity (Wildman–Crippen MR) is 54.3 cm³/mol. The third-order valence-electron chi connectivity index (χ3n) is 2.31. The molecule has 0 aromatic carbocycles. The molecule has 0 bridgehead atoms. The Kier molecular flexibility index (Phi) is 2.31. The van der Waals surface area contributed by atoms with E-state index in [1.165, 1.54) is 0 Å². The topological polar surface area (TPSA) is 34.4 Å².